The van der Waals surface area contributed by atoms with E-state index in [1.165, 1.54) is 11.8 Å². The highest BCUT2D eigenvalue weighted by Crippen LogP contribution is 2.41. The fourth-order valence-electron chi connectivity index (χ4n) is 4.33. The number of carbonyl (C=O) groups excluding carboxylic acids is 1. The highest BCUT2D eigenvalue weighted by molar-refractivity contribution is 7.92. The lowest BCUT2D eigenvalue weighted by Gasteiger charge is -2.30. The molecular weight excluding hydrogens is 324 g/mol. The Morgan fingerprint density at radius 1 is 1.21 bits per heavy atom. The number of benzene rings is 1. The Hall–Kier alpha value is -1.40. The monoisotopic (exact) mass is 350 g/mol. The van der Waals surface area contributed by atoms with E-state index in [0.717, 1.165) is 12.8 Å². The van der Waals surface area contributed by atoms with Crippen molar-refractivity contribution in [3.63, 3.8) is 0 Å². The predicted octanol–water partition coefficient (Wildman–Crippen LogP) is 1.54. The summed E-state index contributed by atoms with van der Waals surface area (Å²) in [6.07, 6.45) is 3.71. The quantitative estimate of drug-likeness (QED) is 0.893. The Balaban J connectivity index is 1.87. The topological polar surface area (TPSA) is 80.5 Å². The summed E-state index contributed by atoms with van der Waals surface area (Å²) in [6, 6.07) is 10.1. The zero-order valence-electron chi connectivity index (χ0n) is 14.1. The highest BCUT2D eigenvalue weighted by atomic mass is 32.2. The molecule has 0 aromatic heterocycles. The van der Waals surface area contributed by atoms with Gasteiger partial charge in [-0.25, -0.2) is 8.42 Å². The number of nitrogens with two attached hydrogens (primary N) is 1. The first-order valence-electron chi connectivity index (χ1n) is 8.63. The SMILES string of the molecule is CS(=O)(=O)C1(C(=O)N2C[C@@H](CN)[C@H](c3ccccc3)C2)CCCC1. The van der Waals surface area contributed by atoms with Gasteiger partial charge in [-0.05, 0) is 30.9 Å². The summed E-state index contributed by atoms with van der Waals surface area (Å²) in [7, 11) is -3.43. The first kappa shape index (κ1) is 17.4. The minimum atomic E-state index is -3.43. The number of amides is 1. The van der Waals surface area contributed by atoms with Crippen LogP contribution in [0, 0.1) is 5.92 Å². The second-order valence-electron chi connectivity index (χ2n) is 7.20. The lowest BCUT2D eigenvalue weighted by molar-refractivity contribution is -0.133. The molecule has 6 heteroatoms. The van der Waals surface area contributed by atoms with Crippen molar-refractivity contribution < 1.29 is 13.2 Å². The maximum Gasteiger partial charge on any atom is 0.244 e. The van der Waals surface area contributed by atoms with Crippen LogP contribution in [0.3, 0.4) is 0 Å². The minimum absolute atomic E-state index is 0.175. The molecule has 0 unspecified atom stereocenters. The van der Waals surface area contributed by atoms with Crippen molar-refractivity contribution in [3.05, 3.63) is 35.9 Å². The van der Waals surface area contributed by atoms with Gasteiger partial charge in [-0.1, -0.05) is 43.2 Å². The molecule has 2 N–H and O–H groups in total. The van der Waals surface area contributed by atoms with Crippen molar-refractivity contribution in [2.75, 3.05) is 25.9 Å². The lowest BCUT2D eigenvalue weighted by atomic mass is 9.89. The number of hydrogen-bond donors (Lipinski definition) is 1. The Morgan fingerprint density at radius 2 is 1.83 bits per heavy atom. The molecule has 1 aliphatic heterocycles. The van der Waals surface area contributed by atoms with Crippen LogP contribution in [0.1, 0.15) is 37.2 Å². The van der Waals surface area contributed by atoms with Gasteiger partial charge in [0, 0.05) is 25.3 Å². The molecule has 1 heterocycles. The normalized spacial score (nSPS) is 26.7. The maximum atomic E-state index is 13.2. The molecule has 2 aliphatic rings. The van der Waals surface area contributed by atoms with Crippen LogP contribution in [0.25, 0.3) is 0 Å². The third kappa shape index (κ3) is 2.86. The first-order chi connectivity index (χ1) is 11.4. The molecule has 5 nitrogen and oxygen atoms in total. The smallest absolute Gasteiger partial charge is 0.244 e. The average molecular weight is 350 g/mol. The summed E-state index contributed by atoms with van der Waals surface area (Å²) in [6.45, 7) is 1.60. The average Bonchev–Trinajstić information content (AvgIpc) is 3.22. The summed E-state index contributed by atoms with van der Waals surface area (Å²) >= 11 is 0. The van der Waals surface area contributed by atoms with E-state index < -0.39 is 14.6 Å². The summed E-state index contributed by atoms with van der Waals surface area (Å²) in [5, 5.41) is 0. The molecule has 1 aliphatic carbocycles. The number of carbonyl (C=O) groups is 1. The second kappa shape index (κ2) is 6.48. The summed E-state index contributed by atoms with van der Waals surface area (Å²) in [5.41, 5.74) is 7.11. The Morgan fingerprint density at radius 3 is 2.38 bits per heavy atom. The molecule has 2 atom stereocenters. The number of hydrogen-bond acceptors (Lipinski definition) is 4. The zero-order chi connectivity index (χ0) is 17.4. The Bertz CT molecular complexity index is 696. The molecule has 24 heavy (non-hydrogen) atoms. The fourth-order valence-corrected chi connectivity index (χ4v) is 5.81. The van der Waals surface area contributed by atoms with E-state index in [2.05, 4.69) is 12.1 Å². The molecule has 1 aromatic rings. The van der Waals surface area contributed by atoms with Crippen LogP contribution in [-0.4, -0.2) is 49.9 Å². The van der Waals surface area contributed by atoms with E-state index in [-0.39, 0.29) is 17.7 Å². The molecule has 2 fully saturated rings. The molecule has 1 saturated heterocycles. The van der Waals surface area contributed by atoms with Crippen molar-refractivity contribution in [3.8, 4) is 0 Å². The fraction of sp³-hybridized carbons (Fsp3) is 0.611. The van der Waals surface area contributed by atoms with Gasteiger partial charge in [-0.3, -0.25) is 4.79 Å². The molecule has 0 radical (unpaired) electrons. The van der Waals surface area contributed by atoms with Crippen LogP contribution in [0.15, 0.2) is 30.3 Å². The van der Waals surface area contributed by atoms with Crippen LogP contribution in [0.2, 0.25) is 0 Å². The van der Waals surface area contributed by atoms with Gasteiger partial charge in [0.25, 0.3) is 0 Å². The van der Waals surface area contributed by atoms with Crippen molar-refractivity contribution in [2.45, 2.75) is 36.3 Å². The van der Waals surface area contributed by atoms with Crippen LogP contribution in [-0.2, 0) is 14.6 Å². The van der Waals surface area contributed by atoms with Crippen molar-refractivity contribution in [2.24, 2.45) is 11.7 Å². The van der Waals surface area contributed by atoms with E-state index in [1.807, 2.05) is 18.2 Å². The molecule has 1 aromatic carbocycles. The van der Waals surface area contributed by atoms with E-state index in [9.17, 15) is 13.2 Å². The summed E-state index contributed by atoms with van der Waals surface area (Å²) < 4.78 is 23.6. The van der Waals surface area contributed by atoms with Crippen LogP contribution in [0.5, 0.6) is 0 Å². The van der Waals surface area contributed by atoms with Crippen LogP contribution >= 0.6 is 0 Å². The molecule has 0 bridgehead atoms. The molecule has 132 valence electrons. The van der Waals surface area contributed by atoms with Gasteiger partial charge in [0.2, 0.25) is 5.91 Å². The zero-order valence-corrected chi connectivity index (χ0v) is 15.0. The third-order valence-corrected chi connectivity index (χ3v) is 7.77. The van der Waals surface area contributed by atoms with Gasteiger partial charge in [0.1, 0.15) is 0 Å². The standard InChI is InChI=1S/C18H26N2O3S/c1-24(22,23)18(9-5-6-10-18)17(21)20-12-15(11-19)16(13-20)14-7-3-2-4-8-14/h2-4,7-8,15-16H,5-6,9-13,19H2,1H3/t15-,16+/m1/s1. The second-order valence-corrected chi connectivity index (χ2v) is 9.52. The van der Waals surface area contributed by atoms with Gasteiger partial charge >= 0.3 is 0 Å². The van der Waals surface area contributed by atoms with Crippen LogP contribution in [0.4, 0.5) is 0 Å². The highest BCUT2D eigenvalue weighted by Gasteiger charge is 2.53. The number of likely N-dealkylation sites (tertiary alicyclic amines) is 1. The lowest BCUT2D eigenvalue weighted by Crippen LogP contribution is -2.51. The van der Waals surface area contributed by atoms with Gasteiger partial charge in [-0.2, -0.15) is 0 Å². The Kier molecular flexibility index (Phi) is 4.71. The van der Waals surface area contributed by atoms with Crippen molar-refractivity contribution >= 4 is 15.7 Å². The van der Waals surface area contributed by atoms with E-state index in [4.69, 9.17) is 5.73 Å². The van der Waals surface area contributed by atoms with E-state index in [0.29, 0.717) is 32.5 Å². The van der Waals surface area contributed by atoms with E-state index >= 15 is 0 Å². The number of sulfone groups is 1. The van der Waals surface area contributed by atoms with Gasteiger partial charge in [-0.15, -0.1) is 0 Å². The third-order valence-electron chi connectivity index (χ3n) is 5.77. The maximum absolute atomic E-state index is 13.2. The molecular formula is C18H26N2O3S. The minimum Gasteiger partial charge on any atom is -0.340 e. The van der Waals surface area contributed by atoms with Gasteiger partial charge < -0.3 is 10.6 Å². The van der Waals surface area contributed by atoms with Gasteiger partial charge in [0.05, 0.1) is 0 Å². The number of nitrogens with zero attached hydrogens (tertiary/aromatic N) is 1. The molecule has 1 amide bonds. The van der Waals surface area contributed by atoms with Crippen molar-refractivity contribution in [1.29, 1.82) is 0 Å². The molecule has 1 saturated carbocycles. The largest absolute Gasteiger partial charge is 0.340 e. The molecule has 3 rings (SSSR count). The van der Waals surface area contributed by atoms with Crippen molar-refractivity contribution in [1.82, 2.24) is 4.90 Å². The number of rotatable bonds is 4. The van der Waals surface area contributed by atoms with Crippen LogP contribution < -0.4 is 5.73 Å². The van der Waals surface area contributed by atoms with Gasteiger partial charge in [0.15, 0.2) is 14.6 Å². The summed E-state index contributed by atoms with van der Waals surface area (Å²) in [5.74, 6) is 0.145. The predicted molar refractivity (Wildman–Crippen MR) is 94.4 cm³/mol. The molecule has 0 spiro atoms. The summed E-state index contributed by atoms with van der Waals surface area (Å²) in [4.78, 5) is 14.9. The Labute approximate surface area is 144 Å². The first-order valence-corrected chi connectivity index (χ1v) is 10.5. The van der Waals surface area contributed by atoms with E-state index in [1.54, 1.807) is 4.90 Å².